The molecule has 0 N–H and O–H groups in total. The van der Waals surface area contributed by atoms with Gasteiger partial charge in [-0.1, -0.05) is 0 Å². The highest BCUT2D eigenvalue weighted by molar-refractivity contribution is 9.10. The van der Waals surface area contributed by atoms with Crippen LogP contribution in [0, 0.1) is 11.3 Å². The fraction of sp³-hybridized carbons (Fsp3) is 0.167. The van der Waals surface area contributed by atoms with E-state index in [4.69, 9.17) is 14.7 Å². The average Bonchev–Trinajstić information content (AvgIpc) is 2.38. The van der Waals surface area contributed by atoms with Crippen molar-refractivity contribution in [2.45, 2.75) is 0 Å². The van der Waals surface area contributed by atoms with Crippen LogP contribution in [0.15, 0.2) is 22.9 Å². The van der Waals surface area contributed by atoms with Crippen molar-refractivity contribution in [2.24, 2.45) is 0 Å². The van der Waals surface area contributed by atoms with Crippen LogP contribution in [0.3, 0.4) is 0 Å². The summed E-state index contributed by atoms with van der Waals surface area (Å²) in [7, 11) is 3.13. The van der Waals surface area contributed by atoms with Gasteiger partial charge in [-0.3, -0.25) is 0 Å². The SMILES string of the molecule is COc1cc2c(C#N)cnc(Br)c2cc1OC. The Morgan fingerprint density at radius 1 is 1.18 bits per heavy atom. The van der Waals surface area contributed by atoms with Crippen LogP contribution < -0.4 is 9.47 Å². The Morgan fingerprint density at radius 3 is 2.29 bits per heavy atom. The van der Waals surface area contributed by atoms with Crippen molar-refractivity contribution in [2.75, 3.05) is 14.2 Å². The molecule has 0 radical (unpaired) electrons. The minimum Gasteiger partial charge on any atom is -0.493 e. The summed E-state index contributed by atoms with van der Waals surface area (Å²) < 4.78 is 11.1. The third-order valence-corrected chi connectivity index (χ3v) is 3.10. The first kappa shape index (κ1) is 11.7. The first-order valence-electron chi connectivity index (χ1n) is 4.81. The van der Waals surface area contributed by atoms with E-state index in [0.29, 0.717) is 21.7 Å². The van der Waals surface area contributed by atoms with Crippen LogP contribution in [-0.4, -0.2) is 19.2 Å². The van der Waals surface area contributed by atoms with Gasteiger partial charge in [0.2, 0.25) is 0 Å². The van der Waals surface area contributed by atoms with E-state index in [1.165, 1.54) is 6.20 Å². The molecule has 0 fully saturated rings. The molecule has 17 heavy (non-hydrogen) atoms. The van der Waals surface area contributed by atoms with Gasteiger partial charge >= 0.3 is 0 Å². The van der Waals surface area contributed by atoms with Gasteiger partial charge in [0.1, 0.15) is 10.7 Å². The van der Waals surface area contributed by atoms with Gasteiger partial charge < -0.3 is 9.47 Å². The molecular formula is C12H9BrN2O2. The predicted molar refractivity (Wildman–Crippen MR) is 67.3 cm³/mol. The molecule has 0 spiro atoms. The van der Waals surface area contributed by atoms with Crippen molar-refractivity contribution in [3.05, 3.63) is 28.5 Å². The van der Waals surface area contributed by atoms with Gasteiger partial charge in [0.15, 0.2) is 11.5 Å². The van der Waals surface area contributed by atoms with Crippen LogP contribution in [0.25, 0.3) is 10.8 Å². The Kier molecular flexibility index (Phi) is 3.16. The van der Waals surface area contributed by atoms with Gasteiger partial charge in [-0.2, -0.15) is 5.26 Å². The van der Waals surface area contributed by atoms with E-state index in [0.717, 1.165) is 10.8 Å². The van der Waals surface area contributed by atoms with Crippen LogP contribution in [0.2, 0.25) is 0 Å². The number of halogens is 1. The summed E-state index contributed by atoms with van der Waals surface area (Å²) in [5.41, 5.74) is 0.504. The minimum atomic E-state index is 0.504. The average molecular weight is 293 g/mol. The zero-order valence-corrected chi connectivity index (χ0v) is 10.9. The van der Waals surface area contributed by atoms with Crippen LogP contribution in [0.5, 0.6) is 11.5 Å². The van der Waals surface area contributed by atoms with Gasteiger partial charge in [0, 0.05) is 17.0 Å². The molecule has 86 valence electrons. The van der Waals surface area contributed by atoms with Crippen LogP contribution >= 0.6 is 15.9 Å². The Bertz CT molecular complexity index is 620. The first-order chi connectivity index (χ1) is 8.21. The highest BCUT2D eigenvalue weighted by atomic mass is 79.9. The van der Waals surface area contributed by atoms with Gasteiger partial charge in [-0.15, -0.1) is 0 Å². The highest BCUT2D eigenvalue weighted by Crippen LogP contribution is 2.35. The number of benzene rings is 1. The van der Waals surface area contributed by atoms with Crippen LogP contribution in [-0.2, 0) is 0 Å². The number of aromatic nitrogens is 1. The summed E-state index contributed by atoms with van der Waals surface area (Å²) in [5, 5.41) is 10.6. The third-order valence-electron chi connectivity index (χ3n) is 2.46. The maximum atomic E-state index is 9.04. The number of nitriles is 1. The monoisotopic (exact) mass is 292 g/mol. The molecule has 1 aromatic carbocycles. The van der Waals surface area contributed by atoms with Crippen LogP contribution in [0.4, 0.5) is 0 Å². The Hall–Kier alpha value is -1.80. The second-order valence-corrected chi connectivity index (χ2v) is 4.08. The fourth-order valence-electron chi connectivity index (χ4n) is 1.62. The quantitative estimate of drug-likeness (QED) is 0.799. The molecule has 0 unspecified atom stereocenters. The smallest absolute Gasteiger partial charge is 0.161 e. The van der Waals surface area contributed by atoms with Crippen molar-refractivity contribution in [3.8, 4) is 17.6 Å². The molecule has 5 heteroatoms. The van der Waals surface area contributed by atoms with E-state index in [-0.39, 0.29) is 0 Å². The lowest BCUT2D eigenvalue weighted by Gasteiger charge is -2.10. The number of methoxy groups -OCH3 is 2. The van der Waals surface area contributed by atoms with Gasteiger partial charge in [0.25, 0.3) is 0 Å². The number of rotatable bonds is 2. The maximum absolute atomic E-state index is 9.04. The number of hydrogen-bond acceptors (Lipinski definition) is 4. The molecule has 0 aliphatic rings. The molecule has 0 aliphatic carbocycles. The summed E-state index contributed by atoms with van der Waals surface area (Å²) in [5.74, 6) is 1.20. The number of hydrogen-bond donors (Lipinski definition) is 0. The zero-order chi connectivity index (χ0) is 12.4. The molecule has 0 atom stereocenters. The first-order valence-corrected chi connectivity index (χ1v) is 5.61. The molecule has 0 saturated carbocycles. The van der Waals surface area contributed by atoms with E-state index in [2.05, 4.69) is 27.0 Å². The van der Waals surface area contributed by atoms with E-state index < -0.39 is 0 Å². The normalized spacial score (nSPS) is 10.0. The second-order valence-electron chi connectivity index (χ2n) is 3.33. The fourth-order valence-corrected chi connectivity index (χ4v) is 2.05. The van der Waals surface area contributed by atoms with E-state index >= 15 is 0 Å². The number of fused-ring (bicyclic) bond motifs is 1. The predicted octanol–water partition coefficient (Wildman–Crippen LogP) is 2.89. The Labute approximate surface area is 107 Å². The molecule has 2 aromatic rings. The summed E-state index contributed by atoms with van der Waals surface area (Å²) in [4.78, 5) is 4.11. The zero-order valence-electron chi connectivity index (χ0n) is 9.32. The molecular weight excluding hydrogens is 284 g/mol. The molecule has 0 amide bonds. The molecule has 0 aliphatic heterocycles. The maximum Gasteiger partial charge on any atom is 0.161 e. The van der Waals surface area contributed by atoms with Gasteiger partial charge in [-0.05, 0) is 28.1 Å². The highest BCUT2D eigenvalue weighted by Gasteiger charge is 2.11. The molecule has 0 saturated heterocycles. The van der Waals surface area contributed by atoms with Gasteiger partial charge in [-0.25, -0.2) is 4.98 Å². The molecule has 1 heterocycles. The van der Waals surface area contributed by atoms with Crippen molar-refractivity contribution < 1.29 is 9.47 Å². The van der Waals surface area contributed by atoms with Crippen molar-refractivity contribution in [3.63, 3.8) is 0 Å². The second kappa shape index (κ2) is 4.60. The third kappa shape index (κ3) is 1.92. The standard InChI is InChI=1S/C12H9BrN2O2/c1-16-10-3-8-7(5-14)6-15-12(13)9(8)4-11(10)17-2/h3-4,6H,1-2H3. The summed E-state index contributed by atoms with van der Waals surface area (Å²) in [6, 6.07) is 5.68. The van der Waals surface area contributed by atoms with E-state index in [1.54, 1.807) is 26.4 Å². The summed E-state index contributed by atoms with van der Waals surface area (Å²) in [6.07, 6.45) is 1.53. The Morgan fingerprint density at radius 2 is 1.76 bits per heavy atom. The Balaban J connectivity index is 2.87. The van der Waals surface area contributed by atoms with Gasteiger partial charge in [0.05, 0.1) is 19.8 Å². The largest absolute Gasteiger partial charge is 0.493 e. The lowest BCUT2D eigenvalue weighted by molar-refractivity contribution is 0.356. The summed E-state index contributed by atoms with van der Waals surface area (Å²) in [6.45, 7) is 0. The number of ether oxygens (including phenoxy) is 2. The van der Waals surface area contributed by atoms with Crippen LogP contribution in [0.1, 0.15) is 5.56 Å². The number of nitrogens with zero attached hydrogens (tertiary/aromatic N) is 2. The lowest BCUT2D eigenvalue weighted by atomic mass is 10.1. The van der Waals surface area contributed by atoms with Crippen molar-refractivity contribution in [1.29, 1.82) is 5.26 Å². The molecule has 1 aromatic heterocycles. The lowest BCUT2D eigenvalue weighted by Crippen LogP contribution is -1.93. The minimum absolute atomic E-state index is 0.504. The molecule has 4 nitrogen and oxygen atoms in total. The van der Waals surface area contributed by atoms with E-state index in [1.807, 2.05) is 0 Å². The van der Waals surface area contributed by atoms with E-state index in [9.17, 15) is 0 Å². The van der Waals surface area contributed by atoms with Crippen molar-refractivity contribution in [1.82, 2.24) is 4.98 Å². The molecule has 0 bridgehead atoms. The number of pyridine rings is 1. The summed E-state index contributed by atoms with van der Waals surface area (Å²) >= 11 is 3.35. The topological polar surface area (TPSA) is 55.1 Å². The molecule has 2 rings (SSSR count). The van der Waals surface area contributed by atoms with Crippen molar-refractivity contribution >= 4 is 26.7 Å².